The van der Waals surface area contributed by atoms with Crippen molar-refractivity contribution < 1.29 is 4.79 Å². The zero-order valence-corrected chi connectivity index (χ0v) is 14.5. The van der Waals surface area contributed by atoms with Gasteiger partial charge in [0.15, 0.2) is 0 Å². The number of amides is 1. The molecule has 1 saturated carbocycles. The fourth-order valence-electron chi connectivity index (χ4n) is 2.58. The highest BCUT2D eigenvalue weighted by atomic mass is 79.9. The van der Waals surface area contributed by atoms with Crippen LogP contribution in [0.3, 0.4) is 0 Å². The van der Waals surface area contributed by atoms with Crippen molar-refractivity contribution in [2.75, 3.05) is 19.6 Å². The fraction of sp³-hybridized carbons (Fsp3) is 0.615. The lowest BCUT2D eigenvalue weighted by molar-refractivity contribution is 0.0951. The Morgan fingerprint density at radius 2 is 2.21 bits per heavy atom. The summed E-state index contributed by atoms with van der Waals surface area (Å²) in [6.07, 6.45) is 3.96. The number of thiophene rings is 1. The second-order valence-corrected chi connectivity index (χ2v) is 8.55. The predicted molar refractivity (Wildman–Crippen MR) is 84.8 cm³/mol. The predicted octanol–water partition coefficient (Wildman–Crippen LogP) is 3.49. The molecule has 0 spiro atoms. The number of hydrogen-bond donors (Lipinski definition) is 1. The molecule has 1 saturated heterocycles. The third kappa shape index (κ3) is 3.40. The minimum Gasteiger partial charge on any atom is -0.351 e. The number of carbonyl (C=O) groups excluding carboxylic acids is 1. The molecule has 1 N–H and O–H groups in total. The highest BCUT2D eigenvalue weighted by molar-refractivity contribution is 9.13. The molecule has 2 fully saturated rings. The van der Waals surface area contributed by atoms with E-state index in [2.05, 4.69) is 42.1 Å². The SMILES string of the molecule is O=C(NCC1CCN(C2CC2)C1)c1cc(Br)c(Br)s1. The van der Waals surface area contributed by atoms with E-state index in [4.69, 9.17) is 0 Å². The lowest BCUT2D eigenvalue weighted by Crippen LogP contribution is -2.31. The summed E-state index contributed by atoms with van der Waals surface area (Å²) in [5.74, 6) is 0.665. The minimum atomic E-state index is 0.0428. The van der Waals surface area contributed by atoms with E-state index in [-0.39, 0.29) is 5.91 Å². The number of nitrogens with zero attached hydrogens (tertiary/aromatic N) is 1. The van der Waals surface area contributed by atoms with Crippen molar-refractivity contribution in [1.82, 2.24) is 10.2 Å². The van der Waals surface area contributed by atoms with Gasteiger partial charge in [-0.25, -0.2) is 0 Å². The van der Waals surface area contributed by atoms with Crippen LogP contribution in [0.5, 0.6) is 0 Å². The molecule has 6 heteroatoms. The smallest absolute Gasteiger partial charge is 0.261 e. The monoisotopic (exact) mass is 406 g/mol. The van der Waals surface area contributed by atoms with Crippen LogP contribution in [0.2, 0.25) is 0 Å². The first-order valence-electron chi connectivity index (χ1n) is 6.60. The second kappa shape index (κ2) is 5.84. The number of likely N-dealkylation sites (tertiary alicyclic amines) is 1. The van der Waals surface area contributed by atoms with Crippen LogP contribution in [-0.4, -0.2) is 36.5 Å². The highest BCUT2D eigenvalue weighted by Gasteiger charge is 2.34. The topological polar surface area (TPSA) is 32.3 Å². The summed E-state index contributed by atoms with van der Waals surface area (Å²) in [7, 11) is 0. The third-order valence-electron chi connectivity index (χ3n) is 3.80. The van der Waals surface area contributed by atoms with Gasteiger partial charge >= 0.3 is 0 Å². The van der Waals surface area contributed by atoms with E-state index >= 15 is 0 Å². The lowest BCUT2D eigenvalue weighted by Gasteiger charge is -2.14. The number of rotatable bonds is 4. The first-order chi connectivity index (χ1) is 9.13. The molecule has 0 bridgehead atoms. The van der Waals surface area contributed by atoms with Crippen molar-refractivity contribution in [3.63, 3.8) is 0 Å². The molecule has 3 nitrogen and oxygen atoms in total. The second-order valence-electron chi connectivity index (χ2n) is 5.32. The number of nitrogens with one attached hydrogen (secondary N) is 1. The van der Waals surface area contributed by atoms with Crippen LogP contribution < -0.4 is 5.32 Å². The maximum atomic E-state index is 12.0. The van der Waals surface area contributed by atoms with Crippen LogP contribution in [0.15, 0.2) is 14.3 Å². The Kier molecular flexibility index (Phi) is 4.31. The van der Waals surface area contributed by atoms with Crippen molar-refractivity contribution in [2.24, 2.45) is 5.92 Å². The molecular weight excluding hydrogens is 392 g/mol. The van der Waals surface area contributed by atoms with Crippen LogP contribution in [0.1, 0.15) is 28.9 Å². The molecular formula is C13H16Br2N2OS. The summed E-state index contributed by atoms with van der Waals surface area (Å²) in [6, 6.07) is 2.72. The quantitative estimate of drug-likeness (QED) is 0.828. The number of hydrogen-bond acceptors (Lipinski definition) is 3. The maximum Gasteiger partial charge on any atom is 0.261 e. The van der Waals surface area contributed by atoms with E-state index in [0.717, 1.165) is 32.3 Å². The van der Waals surface area contributed by atoms with Crippen LogP contribution in [0, 0.1) is 5.92 Å². The van der Waals surface area contributed by atoms with Crippen molar-refractivity contribution in [1.29, 1.82) is 0 Å². The van der Waals surface area contributed by atoms with Crippen LogP contribution in [-0.2, 0) is 0 Å². The first kappa shape index (κ1) is 14.0. The van der Waals surface area contributed by atoms with Gasteiger partial charge in [-0.1, -0.05) is 0 Å². The van der Waals surface area contributed by atoms with E-state index in [0.29, 0.717) is 5.92 Å². The van der Waals surface area contributed by atoms with Crippen molar-refractivity contribution >= 4 is 49.1 Å². The summed E-state index contributed by atoms with van der Waals surface area (Å²) >= 11 is 8.29. The van der Waals surface area contributed by atoms with Crippen LogP contribution in [0.4, 0.5) is 0 Å². The minimum absolute atomic E-state index is 0.0428. The van der Waals surface area contributed by atoms with E-state index in [1.165, 1.54) is 37.1 Å². The Hall–Kier alpha value is 0.0900. The molecule has 2 heterocycles. The van der Waals surface area contributed by atoms with Crippen LogP contribution >= 0.6 is 43.2 Å². The first-order valence-corrected chi connectivity index (χ1v) is 9.01. The Balaban J connectivity index is 1.48. The maximum absolute atomic E-state index is 12.0. The molecule has 1 aliphatic carbocycles. The van der Waals surface area contributed by atoms with Gasteiger partial charge in [-0.2, -0.15) is 0 Å². The molecule has 1 aromatic rings. The Morgan fingerprint density at radius 1 is 1.42 bits per heavy atom. The molecule has 19 heavy (non-hydrogen) atoms. The van der Waals surface area contributed by atoms with E-state index in [1.807, 2.05) is 6.07 Å². The van der Waals surface area contributed by atoms with E-state index in [1.54, 1.807) is 0 Å². The van der Waals surface area contributed by atoms with E-state index < -0.39 is 0 Å². The fourth-order valence-corrected chi connectivity index (χ4v) is 4.54. The standard InChI is InChI=1S/C13H16Br2N2OS/c14-10-5-11(19-12(10)15)13(18)16-6-8-3-4-17(7-8)9-1-2-9/h5,8-9H,1-4,6-7H2,(H,16,18). The summed E-state index contributed by atoms with van der Waals surface area (Å²) in [5.41, 5.74) is 0. The Bertz CT molecular complexity index is 467. The summed E-state index contributed by atoms with van der Waals surface area (Å²) in [4.78, 5) is 15.4. The van der Waals surface area contributed by atoms with Gasteiger partial charge in [0.25, 0.3) is 5.91 Å². The van der Waals surface area contributed by atoms with Crippen molar-refractivity contribution in [3.05, 3.63) is 19.2 Å². The molecule has 1 aromatic heterocycles. The van der Waals surface area contributed by atoms with Gasteiger partial charge in [0, 0.05) is 23.6 Å². The molecule has 0 radical (unpaired) electrons. The molecule has 1 aliphatic heterocycles. The van der Waals surface area contributed by atoms with Gasteiger partial charge in [-0.15, -0.1) is 11.3 Å². The van der Waals surface area contributed by atoms with Gasteiger partial charge in [0.1, 0.15) is 0 Å². The summed E-state index contributed by atoms with van der Waals surface area (Å²) < 4.78 is 1.92. The van der Waals surface area contributed by atoms with Gasteiger partial charge in [-0.05, 0) is 69.7 Å². The molecule has 1 atom stereocenters. The normalized spacial score (nSPS) is 23.8. The van der Waals surface area contributed by atoms with Crippen LogP contribution in [0.25, 0.3) is 0 Å². The molecule has 1 amide bonds. The third-order valence-corrected chi connectivity index (χ3v) is 7.06. The Labute approximate surface area is 134 Å². The number of carbonyl (C=O) groups is 1. The molecule has 3 rings (SSSR count). The van der Waals surface area contributed by atoms with Crippen molar-refractivity contribution in [2.45, 2.75) is 25.3 Å². The van der Waals surface area contributed by atoms with Gasteiger partial charge < -0.3 is 10.2 Å². The summed E-state index contributed by atoms with van der Waals surface area (Å²) in [6.45, 7) is 3.17. The highest BCUT2D eigenvalue weighted by Crippen LogP contribution is 2.33. The zero-order valence-electron chi connectivity index (χ0n) is 10.5. The van der Waals surface area contributed by atoms with Gasteiger partial charge in [0.05, 0.1) is 8.66 Å². The number of halogens is 2. The lowest BCUT2D eigenvalue weighted by atomic mass is 10.1. The zero-order chi connectivity index (χ0) is 13.4. The average Bonchev–Trinajstić information content (AvgIpc) is 3.04. The molecule has 104 valence electrons. The molecule has 1 unspecified atom stereocenters. The van der Waals surface area contributed by atoms with Gasteiger partial charge in [0.2, 0.25) is 0 Å². The van der Waals surface area contributed by atoms with E-state index in [9.17, 15) is 4.79 Å². The largest absolute Gasteiger partial charge is 0.351 e. The van der Waals surface area contributed by atoms with Gasteiger partial charge in [-0.3, -0.25) is 4.79 Å². The summed E-state index contributed by atoms with van der Waals surface area (Å²) in [5, 5.41) is 3.06. The average molecular weight is 408 g/mol. The molecule has 0 aromatic carbocycles. The Morgan fingerprint density at radius 3 is 2.84 bits per heavy atom. The van der Waals surface area contributed by atoms with Crippen molar-refractivity contribution in [3.8, 4) is 0 Å². The molecule has 2 aliphatic rings.